The van der Waals surface area contributed by atoms with Gasteiger partial charge in [-0.25, -0.2) is 0 Å². The van der Waals surface area contributed by atoms with Gasteiger partial charge in [-0.3, -0.25) is 0 Å². The molecule has 0 saturated carbocycles. The second-order valence-corrected chi connectivity index (χ2v) is 5.39. The van der Waals surface area contributed by atoms with Crippen LogP contribution in [0.4, 0.5) is 0 Å². The summed E-state index contributed by atoms with van der Waals surface area (Å²) in [4.78, 5) is 0. The van der Waals surface area contributed by atoms with Gasteiger partial charge >= 0.3 is 0 Å². The number of rotatable bonds is 3. The summed E-state index contributed by atoms with van der Waals surface area (Å²) < 4.78 is 11.5. The average molecular weight is 283 g/mol. The minimum atomic E-state index is 0.155. The zero-order chi connectivity index (χ0) is 14.7. The first-order valence-electron chi connectivity index (χ1n) is 7.41. The first-order chi connectivity index (χ1) is 10.3. The van der Waals surface area contributed by atoms with Gasteiger partial charge in [0.2, 0.25) is 0 Å². The molecule has 0 radical (unpaired) electrons. The molecular weight excluding hydrogens is 262 g/mol. The first-order valence-corrected chi connectivity index (χ1v) is 7.41. The summed E-state index contributed by atoms with van der Waals surface area (Å²) in [5, 5.41) is 3.39. The van der Waals surface area contributed by atoms with E-state index in [0.717, 1.165) is 24.5 Å². The van der Waals surface area contributed by atoms with Crippen molar-refractivity contribution in [2.24, 2.45) is 0 Å². The Balaban J connectivity index is 1.96. The van der Waals surface area contributed by atoms with E-state index in [0.29, 0.717) is 6.61 Å². The van der Waals surface area contributed by atoms with Crippen molar-refractivity contribution in [1.29, 1.82) is 0 Å². The Kier molecular flexibility index (Phi) is 4.11. The zero-order valence-electron chi connectivity index (χ0n) is 12.6. The molecule has 0 aliphatic carbocycles. The Morgan fingerprint density at radius 3 is 2.48 bits per heavy atom. The van der Waals surface area contributed by atoms with Gasteiger partial charge in [-0.05, 0) is 37.2 Å². The van der Waals surface area contributed by atoms with Crippen LogP contribution in [-0.4, -0.2) is 20.3 Å². The average Bonchev–Trinajstić information content (AvgIpc) is 2.73. The Hall–Kier alpha value is -2.00. The lowest BCUT2D eigenvalue weighted by atomic mass is 9.97. The summed E-state index contributed by atoms with van der Waals surface area (Å²) in [5.74, 6) is 1.69. The van der Waals surface area contributed by atoms with Crippen LogP contribution in [0.15, 0.2) is 42.5 Å². The Morgan fingerprint density at radius 1 is 0.952 bits per heavy atom. The van der Waals surface area contributed by atoms with Gasteiger partial charge in [0.25, 0.3) is 0 Å². The van der Waals surface area contributed by atoms with Crippen LogP contribution in [0.2, 0.25) is 0 Å². The van der Waals surface area contributed by atoms with Crippen LogP contribution in [0.5, 0.6) is 11.5 Å². The van der Waals surface area contributed by atoms with Gasteiger partial charge in [-0.15, -0.1) is 0 Å². The molecule has 3 rings (SSSR count). The van der Waals surface area contributed by atoms with Crippen LogP contribution in [-0.2, 0) is 0 Å². The minimum absolute atomic E-state index is 0.155. The zero-order valence-corrected chi connectivity index (χ0v) is 12.6. The van der Waals surface area contributed by atoms with Crippen molar-refractivity contribution in [3.05, 3.63) is 59.2 Å². The largest absolute Gasteiger partial charge is 0.490 e. The standard InChI is InChI=1S/C18H21NO2/c1-13-5-3-6-14(11-13)18(19-2)15-7-8-16-17(12-15)21-10-4-9-20-16/h3,5-8,11-12,18-19H,4,9-10H2,1-2H3. The van der Waals surface area contributed by atoms with Gasteiger partial charge in [0, 0.05) is 6.42 Å². The van der Waals surface area contributed by atoms with Crippen molar-refractivity contribution in [1.82, 2.24) is 5.32 Å². The summed E-state index contributed by atoms with van der Waals surface area (Å²) in [5.41, 5.74) is 3.71. The highest BCUT2D eigenvalue weighted by molar-refractivity contribution is 5.46. The van der Waals surface area contributed by atoms with Crippen molar-refractivity contribution in [3.63, 3.8) is 0 Å². The number of hydrogen-bond donors (Lipinski definition) is 1. The highest BCUT2D eigenvalue weighted by Gasteiger charge is 2.16. The molecule has 0 amide bonds. The molecule has 3 heteroatoms. The second-order valence-electron chi connectivity index (χ2n) is 5.39. The number of benzene rings is 2. The van der Waals surface area contributed by atoms with Crippen LogP contribution in [0.3, 0.4) is 0 Å². The Bertz CT molecular complexity index is 624. The molecule has 110 valence electrons. The maximum Gasteiger partial charge on any atom is 0.161 e. The van der Waals surface area contributed by atoms with Gasteiger partial charge in [0.15, 0.2) is 11.5 Å². The highest BCUT2D eigenvalue weighted by Crippen LogP contribution is 2.34. The predicted molar refractivity (Wildman–Crippen MR) is 84.1 cm³/mol. The van der Waals surface area contributed by atoms with Crippen molar-refractivity contribution >= 4 is 0 Å². The van der Waals surface area contributed by atoms with E-state index in [9.17, 15) is 0 Å². The number of aryl methyl sites for hydroxylation is 1. The second kappa shape index (κ2) is 6.19. The summed E-state index contributed by atoms with van der Waals surface area (Å²) in [6.45, 7) is 3.55. The van der Waals surface area contributed by atoms with Gasteiger partial charge < -0.3 is 14.8 Å². The van der Waals surface area contributed by atoms with Crippen molar-refractivity contribution < 1.29 is 9.47 Å². The quantitative estimate of drug-likeness (QED) is 0.935. The van der Waals surface area contributed by atoms with Gasteiger partial charge in [-0.2, -0.15) is 0 Å². The smallest absolute Gasteiger partial charge is 0.161 e. The number of ether oxygens (including phenoxy) is 2. The third-order valence-corrected chi connectivity index (χ3v) is 3.77. The topological polar surface area (TPSA) is 30.5 Å². The normalized spacial score (nSPS) is 15.3. The van der Waals surface area contributed by atoms with E-state index in [1.807, 2.05) is 13.1 Å². The van der Waals surface area contributed by atoms with Crippen LogP contribution in [0.25, 0.3) is 0 Å². The molecule has 0 fully saturated rings. The lowest BCUT2D eigenvalue weighted by Gasteiger charge is -2.19. The molecule has 3 nitrogen and oxygen atoms in total. The summed E-state index contributed by atoms with van der Waals surface area (Å²) >= 11 is 0. The number of hydrogen-bond acceptors (Lipinski definition) is 3. The van der Waals surface area contributed by atoms with E-state index in [1.54, 1.807) is 0 Å². The molecule has 1 N–H and O–H groups in total. The molecule has 0 spiro atoms. The van der Waals surface area contributed by atoms with Gasteiger partial charge in [0.05, 0.1) is 19.3 Å². The number of nitrogens with one attached hydrogen (secondary N) is 1. The number of fused-ring (bicyclic) bond motifs is 1. The molecule has 2 aromatic rings. The summed E-state index contributed by atoms with van der Waals surface area (Å²) in [6, 6.07) is 14.9. The van der Waals surface area contributed by atoms with Crippen molar-refractivity contribution in [3.8, 4) is 11.5 Å². The lowest BCUT2D eigenvalue weighted by Crippen LogP contribution is -2.17. The molecule has 1 heterocycles. The van der Waals surface area contributed by atoms with E-state index in [2.05, 4.69) is 48.6 Å². The van der Waals surface area contributed by atoms with E-state index in [4.69, 9.17) is 9.47 Å². The summed E-state index contributed by atoms with van der Waals surface area (Å²) in [7, 11) is 1.98. The molecule has 2 aromatic carbocycles. The van der Waals surface area contributed by atoms with Crippen molar-refractivity contribution in [2.45, 2.75) is 19.4 Å². The Morgan fingerprint density at radius 2 is 1.71 bits per heavy atom. The molecular formula is C18H21NO2. The predicted octanol–water partition coefficient (Wildman–Crippen LogP) is 3.47. The fourth-order valence-electron chi connectivity index (χ4n) is 2.73. The SMILES string of the molecule is CNC(c1cccc(C)c1)c1ccc2c(c1)OCCCO2. The van der Waals surface area contributed by atoms with Crippen molar-refractivity contribution in [2.75, 3.05) is 20.3 Å². The van der Waals surface area contributed by atoms with Crippen LogP contribution >= 0.6 is 0 Å². The fraction of sp³-hybridized carbons (Fsp3) is 0.333. The van der Waals surface area contributed by atoms with E-state index >= 15 is 0 Å². The highest BCUT2D eigenvalue weighted by atomic mass is 16.5. The monoisotopic (exact) mass is 283 g/mol. The Labute approximate surface area is 125 Å². The van der Waals surface area contributed by atoms with E-state index < -0.39 is 0 Å². The van der Waals surface area contributed by atoms with Gasteiger partial charge in [0.1, 0.15) is 0 Å². The molecule has 0 bridgehead atoms. The maximum absolute atomic E-state index is 5.79. The third kappa shape index (κ3) is 3.03. The van der Waals surface area contributed by atoms with Crippen LogP contribution in [0, 0.1) is 6.92 Å². The molecule has 1 aliphatic rings. The van der Waals surface area contributed by atoms with E-state index in [-0.39, 0.29) is 6.04 Å². The first kappa shape index (κ1) is 14.0. The lowest BCUT2D eigenvalue weighted by molar-refractivity contribution is 0.297. The molecule has 0 aromatic heterocycles. The molecule has 21 heavy (non-hydrogen) atoms. The molecule has 1 aliphatic heterocycles. The molecule has 0 saturated heterocycles. The fourth-order valence-corrected chi connectivity index (χ4v) is 2.73. The maximum atomic E-state index is 5.79. The van der Waals surface area contributed by atoms with Crippen LogP contribution < -0.4 is 14.8 Å². The molecule has 1 unspecified atom stereocenters. The minimum Gasteiger partial charge on any atom is -0.490 e. The van der Waals surface area contributed by atoms with Crippen LogP contribution in [0.1, 0.15) is 29.2 Å². The summed E-state index contributed by atoms with van der Waals surface area (Å²) in [6.07, 6.45) is 0.928. The van der Waals surface area contributed by atoms with E-state index in [1.165, 1.54) is 16.7 Å². The third-order valence-electron chi connectivity index (χ3n) is 3.77. The van der Waals surface area contributed by atoms with Gasteiger partial charge in [-0.1, -0.05) is 35.9 Å². The molecule has 1 atom stereocenters.